The summed E-state index contributed by atoms with van der Waals surface area (Å²) in [5.74, 6) is 2.02. The zero-order valence-electron chi connectivity index (χ0n) is 12.8. The minimum Gasteiger partial charge on any atom is -0.481 e. The smallest absolute Gasteiger partial charge is 0.217 e. The van der Waals surface area contributed by atoms with Crippen LogP contribution in [0.2, 0.25) is 0 Å². The molecule has 0 aliphatic carbocycles. The van der Waals surface area contributed by atoms with Crippen LogP contribution in [0.25, 0.3) is 11.4 Å². The van der Waals surface area contributed by atoms with Crippen LogP contribution < -0.4 is 4.74 Å². The van der Waals surface area contributed by atoms with Crippen molar-refractivity contribution in [3.63, 3.8) is 0 Å². The number of ether oxygens (including phenoxy) is 1. The quantitative estimate of drug-likeness (QED) is 0.508. The number of methoxy groups -OCH3 is 1. The third kappa shape index (κ3) is 3.11. The van der Waals surface area contributed by atoms with Crippen LogP contribution >= 0.6 is 11.8 Å². The van der Waals surface area contributed by atoms with Crippen LogP contribution in [-0.4, -0.2) is 31.8 Å². The molecule has 0 aliphatic heterocycles. The van der Waals surface area contributed by atoms with Crippen LogP contribution in [0.3, 0.4) is 0 Å². The molecular formula is C15H15N5O2S. The maximum Gasteiger partial charge on any atom is 0.217 e. The van der Waals surface area contributed by atoms with Crippen LogP contribution in [0.15, 0.2) is 52.0 Å². The van der Waals surface area contributed by atoms with Crippen LogP contribution in [0, 0.1) is 6.92 Å². The lowest BCUT2D eigenvalue weighted by atomic mass is 10.2. The third-order valence-corrected chi connectivity index (χ3v) is 3.99. The first-order valence-electron chi connectivity index (χ1n) is 6.86. The first-order chi connectivity index (χ1) is 11.2. The molecule has 0 amide bonds. The predicted molar refractivity (Wildman–Crippen MR) is 85.4 cm³/mol. The maximum atomic E-state index is 5.35. The predicted octanol–water partition coefficient (Wildman–Crippen LogP) is 2.98. The van der Waals surface area contributed by atoms with E-state index in [0.29, 0.717) is 22.7 Å². The molecule has 0 N–H and O–H groups in total. The summed E-state index contributed by atoms with van der Waals surface area (Å²) in [7, 11) is 1.57. The molecule has 3 aromatic rings. The minimum absolute atomic E-state index is 0.503. The summed E-state index contributed by atoms with van der Waals surface area (Å²) in [4.78, 5) is 8.50. The number of furan rings is 1. The Morgan fingerprint density at radius 2 is 2.26 bits per heavy atom. The normalized spacial score (nSPS) is 10.7. The first kappa shape index (κ1) is 15.3. The highest BCUT2D eigenvalue weighted by molar-refractivity contribution is 7.99. The molecule has 0 fully saturated rings. The molecule has 8 heteroatoms. The van der Waals surface area contributed by atoms with Gasteiger partial charge in [-0.1, -0.05) is 6.08 Å². The number of rotatable bonds is 6. The van der Waals surface area contributed by atoms with Crippen molar-refractivity contribution in [2.45, 2.75) is 23.8 Å². The zero-order valence-corrected chi connectivity index (χ0v) is 13.6. The van der Waals surface area contributed by atoms with Crippen molar-refractivity contribution in [2.75, 3.05) is 7.11 Å². The van der Waals surface area contributed by atoms with E-state index < -0.39 is 0 Å². The Kier molecular flexibility index (Phi) is 4.42. The van der Waals surface area contributed by atoms with Gasteiger partial charge in [0.05, 0.1) is 18.9 Å². The highest BCUT2D eigenvalue weighted by Crippen LogP contribution is 2.29. The van der Waals surface area contributed by atoms with Gasteiger partial charge in [0.2, 0.25) is 5.88 Å². The summed E-state index contributed by atoms with van der Waals surface area (Å²) < 4.78 is 12.4. The van der Waals surface area contributed by atoms with E-state index in [1.165, 1.54) is 11.8 Å². The van der Waals surface area contributed by atoms with Crippen molar-refractivity contribution in [2.24, 2.45) is 0 Å². The summed E-state index contributed by atoms with van der Waals surface area (Å²) in [5, 5.41) is 9.74. The third-order valence-electron chi connectivity index (χ3n) is 3.13. The fourth-order valence-electron chi connectivity index (χ4n) is 2.04. The standard InChI is InChI=1S/C15H15N5O2S/c1-4-8-20-13(11-6-9-22-10(11)2)18-19-15(20)23-14-16-7-5-12(17-14)21-3/h4-7,9H,1,8H2,2-3H3. The fourth-order valence-corrected chi connectivity index (χ4v) is 2.81. The van der Waals surface area contributed by atoms with Crippen LogP contribution in [-0.2, 0) is 6.54 Å². The van der Waals surface area contributed by atoms with E-state index in [1.807, 2.05) is 17.6 Å². The molecule has 0 bridgehead atoms. The molecule has 3 rings (SSSR count). The van der Waals surface area contributed by atoms with Gasteiger partial charge in [0.15, 0.2) is 16.1 Å². The van der Waals surface area contributed by atoms with E-state index in [2.05, 4.69) is 26.7 Å². The lowest BCUT2D eigenvalue weighted by molar-refractivity contribution is 0.392. The molecule has 0 aromatic carbocycles. The van der Waals surface area contributed by atoms with E-state index in [4.69, 9.17) is 9.15 Å². The Bertz CT molecular complexity index is 827. The monoisotopic (exact) mass is 329 g/mol. The summed E-state index contributed by atoms with van der Waals surface area (Å²) >= 11 is 1.32. The van der Waals surface area contributed by atoms with Gasteiger partial charge >= 0.3 is 0 Å². The number of allylic oxidation sites excluding steroid dienone is 1. The Morgan fingerprint density at radius 1 is 1.39 bits per heavy atom. The van der Waals surface area contributed by atoms with E-state index in [0.717, 1.165) is 17.1 Å². The maximum absolute atomic E-state index is 5.35. The number of hydrogen-bond acceptors (Lipinski definition) is 7. The summed E-state index contributed by atoms with van der Waals surface area (Å²) in [6.07, 6.45) is 5.07. The number of nitrogens with zero attached hydrogens (tertiary/aromatic N) is 5. The molecule has 3 heterocycles. The highest BCUT2D eigenvalue weighted by atomic mass is 32.2. The largest absolute Gasteiger partial charge is 0.481 e. The molecule has 3 aromatic heterocycles. The molecule has 0 aliphatic rings. The second-order valence-electron chi connectivity index (χ2n) is 4.58. The molecule has 7 nitrogen and oxygen atoms in total. The topological polar surface area (TPSA) is 78.9 Å². The summed E-state index contributed by atoms with van der Waals surface area (Å²) in [6, 6.07) is 3.56. The van der Waals surface area contributed by atoms with E-state index >= 15 is 0 Å². The zero-order chi connectivity index (χ0) is 16.2. The van der Waals surface area contributed by atoms with Crippen LogP contribution in [0.1, 0.15) is 5.76 Å². The van der Waals surface area contributed by atoms with Gasteiger partial charge in [-0.15, -0.1) is 16.8 Å². The molecule has 0 unspecified atom stereocenters. The molecule has 23 heavy (non-hydrogen) atoms. The molecule has 0 radical (unpaired) electrons. The molecule has 0 spiro atoms. The number of hydrogen-bond donors (Lipinski definition) is 0. The second-order valence-corrected chi connectivity index (χ2v) is 5.51. The van der Waals surface area contributed by atoms with Crippen LogP contribution in [0.4, 0.5) is 0 Å². The van der Waals surface area contributed by atoms with E-state index in [9.17, 15) is 0 Å². The lowest BCUT2D eigenvalue weighted by Gasteiger charge is -2.06. The summed E-state index contributed by atoms with van der Waals surface area (Å²) in [6.45, 7) is 6.25. The highest BCUT2D eigenvalue weighted by Gasteiger charge is 2.18. The van der Waals surface area contributed by atoms with Crippen molar-refractivity contribution < 1.29 is 9.15 Å². The SMILES string of the molecule is C=CCn1c(Sc2nccc(OC)n2)nnc1-c1ccoc1C. The molecule has 118 valence electrons. The van der Waals surface area contributed by atoms with Gasteiger partial charge < -0.3 is 9.15 Å². The van der Waals surface area contributed by atoms with E-state index in [1.54, 1.807) is 31.7 Å². The number of aromatic nitrogens is 5. The van der Waals surface area contributed by atoms with Gasteiger partial charge in [-0.2, -0.15) is 4.98 Å². The Hall–Kier alpha value is -2.61. The molecule has 0 atom stereocenters. The van der Waals surface area contributed by atoms with Gasteiger partial charge in [-0.05, 0) is 24.8 Å². The Balaban J connectivity index is 1.97. The molecule has 0 saturated carbocycles. The van der Waals surface area contributed by atoms with Crippen molar-refractivity contribution in [3.05, 3.63) is 43.0 Å². The second kappa shape index (κ2) is 6.66. The Morgan fingerprint density at radius 3 is 2.96 bits per heavy atom. The van der Waals surface area contributed by atoms with Gasteiger partial charge in [0.25, 0.3) is 0 Å². The summed E-state index contributed by atoms with van der Waals surface area (Å²) in [5.41, 5.74) is 0.901. The molecular weight excluding hydrogens is 314 g/mol. The van der Waals surface area contributed by atoms with Crippen LogP contribution in [0.5, 0.6) is 5.88 Å². The minimum atomic E-state index is 0.503. The fraction of sp³-hybridized carbons (Fsp3) is 0.200. The van der Waals surface area contributed by atoms with Crippen molar-refractivity contribution in [1.29, 1.82) is 0 Å². The Labute approximate surface area is 137 Å². The van der Waals surface area contributed by atoms with Crippen molar-refractivity contribution in [1.82, 2.24) is 24.7 Å². The number of aryl methyl sites for hydroxylation is 1. The average molecular weight is 329 g/mol. The lowest BCUT2D eigenvalue weighted by Crippen LogP contribution is -2.01. The van der Waals surface area contributed by atoms with E-state index in [-0.39, 0.29) is 0 Å². The van der Waals surface area contributed by atoms with Crippen molar-refractivity contribution >= 4 is 11.8 Å². The van der Waals surface area contributed by atoms with Gasteiger partial charge in [-0.25, -0.2) is 4.98 Å². The van der Waals surface area contributed by atoms with Gasteiger partial charge in [0, 0.05) is 18.8 Å². The first-order valence-corrected chi connectivity index (χ1v) is 7.68. The van der Waals surface area contributed by atoms with Gasteiger partial charge in [-0.3, -0.25) is 4.57 Å². The van der Waals surface area contributed by atoms with Crippen molar-refractivity contribution in [3.8, 4) is 17.3 Å². The average Bonchev–Trinajstić information content (AvgIpc) is 3.15. The van der Waals surface area contributed by atoms with Gasteiger partial charge in [0.1, 0.15) is 5.76 Å². The molecule has 0 saturated heterocycles.